The lowest BCUT2D eigenvalue weighted by atomic mass is 9.77. The van der Waals surface area contributed by atoms with Gasteiger partial charge in [-0.2, -0.15) is 0 Å². The lowest BCUT2D eigenvalue weighted by Gasteiger charge is -2.49. The minimum atomic E-state index is -1.82. The number of esters is 1. The van der Waals surface area contributed by atoms with Crippen molar-refractivity contribution in [1.29, 1.82) is 0 Å². The van der Waals surface area contributed by atoms with Crippen LogP contribution in [0.5, 0.6) is 0 Å². The van der Waals surface area contributed by atoms with E-state index < -0.39 is 96.0 Å². The number of hydrogen-bond acceptors (Lipinski definition) is 16. The second-order valence-corrected chi connectivity index (χ2v) is 19.4. The Kier molecular flexibility index (Phi) is 21.7. The van der Waals surface area contributed by atoms with E-state index in [0.29, 0.717) is 52.4 Å². The molecule has 3 heterocycles. The highest BCUT2D eigenvalue weighted by Crippen LogP contribution is 2.40. The quantitative estimate of drug-likeness (QED) is 0.0943. The maximum absolute atomic E-state index is 14.3. The predicted molar refractivity (Wildman–Crippen MR) is 234 cm³/mol. The molecule has 16 nitrogen and oxygen atoms in total. The molecule has 0 saturated carbocycles. The molecule has 3 aliphatic rings. The Hall–Kier alpha value is -1.35. The van der Waals surface area contributed by atoms with Crippen LogP contribution >= 0.6 is 0 Å². The van der Waals surface area contributed by atoms with E-state index in [1.807, 2.05) is 65.6 Å². The molecule has 4 N–H and O–H groups in total. The van der Waals surface area contributed by atoms with Crippen molar-refractivity contribution in [2.75, 3.05) is 67.8 Å². The summed E-state index contributed by atoms with van der Waals surface area (Å²) < 4.78 is 56.2. The number of aliphatic hydroxyl groups excluding tert-OH is 2. The topological polar surface area (TPSA) is 188 Å². The summed E-state index contributed by atoms with van der Waals surface area (Å²) in [4.78, 5) is 18.2. The van der Waals surface area contributed by atoms with Gasteiger partial charge in [0.15, 0.2) is 12.6 Å². The number of nitrogens with zero attached hydrogens (tertiary/aromatic N) is 2. The molecule has 364 valence electrons. The van der Waals surface area contributed by atoms with E-state index in [0.717, 1.165) is 6.42 Å². The number of carbonyl (C=O) groups is 1. The lowest BCUT2D eigenvalue weighted by Crippen LogP contribution is -2.61. The first-order valence-electron chi connectivity index (χ1n) is 22.8. The minimum Gasteiger partial charge on any atom is -0.459 e. The average molecular weight is 891 g/mol. The van der Waals surface area contributed by atoms with E-state index in [4.69, 9.17) is 42.6 Å². The summed E-state index contributed by atoms with van der Waals surface area (Å²) in [5.41, 5.74) is -4.24. The molecule has 1 unspecified atom stereocenters. The molecule has 18 atom stereocenters. The maximum atomic E-state index is 14.3. The molecule has 0 amide bonds. The van der Waals surface area contributed by atoms with Gasteiger partial charge in [-0.05, 0) is 108 Å². The third-order valence-electron chi connectivity index (χ3n) is 13.5. The molecular weight excluding hydrogens is 805 g/mol. The van der Waals surface area contributed by atoms with Crippen LogP contribution in [0.1, 0.15) is 101 Å². The van der Waals surface area contributed by atoms with E-state index in [1.165, 1.54) is 6.92 Å². The molecule has 3 rings (SSSR count). The van der Waals surface area contributed by atoms with Crippen LogP contribution in [0.25, 0.3) is 0 Å². The van der Waals surface area contributed by atoms with Gasteiger partial charge in [0, 0.05) is 64.5 Å². The van der Waals surface area contributed by atoms with Crippen LogP contribution in [-0.2, 0) is 47.4 Å². The van der Waals surface area contributed by atoms with Gasteiger partial charge >= 0.3 is 5.97 Å². The summed E-state index contributed by atoms with van der Waals surface area (Å²) in [6.45, 7) is 24.6. The van der Waals surface area contributed by atoms with Crippen molar-refractivity contribution in [2.45, 2.75) is 192 Å². The third-order valence-corrected chi connectivity index (χ3v) is 13.5. The summed E-state index contributed by atoms with van der Waals surface area (Å²) in [5.74, 6) is -2.59. The van der Waals surface area contributed by atoms with Crippen molar-refractivity contribution in [3.63, 3.8) is 0 Å². The Morgan fingerprint density at radius 2 is 1.53 bits per heavy atom. The van der Waals surface area contributed by atoms with Crippen molar-refractivity contribution >= 4 is 5.97 Å². The molecule has 0 aliphatic carbocycles. The van der Waals surface area contributed by atoms with E-state index in [1.54, 1.807) is 40.9 Å². The largest absolute Gasteiger partial charge is 0.459 e. The zero-order chi connectivity index (χ0) is 46.7. The molecule has 0 aromatic heterocycles. The van der Waals surface area contributed by atoms with Crippen molar-refractivity contribution in [2.24, 2.45) is 17.8 Å². The molecule has 62 heavy (non-hydrogen) atoms. The lowest BCUT2D eigenvalue weighted by molar-refractivity contribution is -0.320. The minimum absolute atomic E-state index is 0.147. The molecule has 0 aromatic rings. The van der Waals surface area contributed by atoms with E-state index >= 15 is 0 Å². The van der Waals surface area contributed by atoms with Crippen LogP contribution < -0.4 is 0 Å². The molecule has 3 aliphatic heterocycles. The van der Waals surface area contributed by atoms with E-state index in [9.17, 15) is 25.2 Å². The number of carbonyl (C=O) groups excluding carboxylic acids is 1. The smallest absolute Gasteiger partial charge is 0.311 e. The molecule has 0 radical (unpaired) electrons. The molecule has 0 bridgehead atoms. The Balaban J connectivity index is 1.98. The van der Waals surface area contributed by atoms with Crippen molar-refractivity contribution in [1.82, 2.24) is 9.80 Å². The fraction of sp³-hybridized carbons (Fsp3) is 0.935. The van der Waals surface area contributed by atoms with E-state index in [-0.39, 0.29) is 30.9 Å². The fourth-order valence-corrected chi connectivity index (χ4v) is 9.53. The Bertz CT molecular complexity index is 1340. The summed E-state index contributed by atoms with van der Waals surface area (Å²) in [6.07, 6.45) is -4.53. The molecule has 0 spiro atoms. The van der Waals surface area contributed by atoms with Gasteiger partial charge in [0.25, 0.3) is 0 Å². The number of aliphatic hydroxyl groups is 4. The van der Waals surface area contributed by atoms with Crippen LogP contribution in [-0.4, -0.2) is 194 Å². The summed E-state index contributed by atoms with van der Waals surface area (Å²) >= 11 is 0. The second-order valence-electron chi connectivity index (χ2n) is 19.4. The highest BCUT2D eigenvalue weighted by molar-refractivity contribution is 5.73. The number of hydrogen-bond donors (Lipinski definition) is 4. The van der Waals surface area contributed by atoms with Gasteiger partial charge in [0.1, 0.15) is 30.0 Å². The summed E-state index contributed by atoms with van der Waals surface area (Å²) in [7, 11) is 7.25. The third kappa shape index (κ3) is 14.6. The van der Waals surface area contributed by atoms with Gasteiger partial charge in [-0.1, -0.05) is 19.9 Å². The van der Waals surface area contributed by atoms with Gasteiger partial charge in [-0.3, -0.25) is 4.79 Å². The van der Waals surface area contributed by atoms with Gasteiger partial charge in [-0.25, -0.2) is 0 Å². The monoisotopic (exact) mass is 891 g/mol. The molecular formula is C46H86N2O14. The first kappa shape index (κ1) is 55.0. The van der Waals surface area contributed by atoms with Crippen LogP contribution in [0.2, 0.25) is 0 Å². The molecule has 3 fully saturated rings. The first-order valence-corrected chi connectivity index (χ1v) is 22.8. The highest BCUT2D eigenvalue weighted by atomic mass is 16.7. The SMILES string of the molecule is C=CCOCCCOCCCO[C@H]1[C@H](C)OC(O[C@H]2[C@H](C)[C@@H](O[C@@H]3O[C@H](C)C[C@H](N(C)C)[C@H]3O)[C@](C)(O)C[C@@H](C)CN(C)[C@@H](C)[C@@H](O)[C@](C)(O)[C@@H](C)OC(=O)[C@@H]2C)C[C@@]1(C)OC. The first-order chi connectivity index (χ1) is 28.9. The number of ether oxygens (including phenoxy) is 9. The van der Waals surface area contributed by atoms with Crippen LogP contribution in [0.15, 0.2) is 12.7 Å². The van der Waals surface area contributed by atoms with Crippen molar-refractivity contribution < 1.29 is 67.9 Å². The number of likely N-dealkylation sites (N-methyl/N-ethyl adjacent to an activating group) is 2. The highest BCUT2D eigenvalue weighted by Gasteiger charge is 2.53. The van der Waals surface area contributed by atoms with E-state index in [2.05, 4.69) is 6.58 Å². The Labute approximate surface area is 372 Å². The fourth-order valence-electron chi connectivity index (χ4n) is 9.53. The van der Waals surface area contributed by atoms with Crippen molar-refractivity contribution in [3.8, 4) is 0 Å². The molecule has 3 saturated heterocycles. The predicted octanol–water partition coefficient (Wildman–Crippen LogP) is 3.53. The average Bonchev–Trinajstić information content (AvgIpc) is 3.19. The summed E-state index contributed by atoms with van der Waals surface area (Å²) in [5, 5.41) is 47.5. The maximum Gasteiger partial charge on any atom is 0.311 e. The van der Waals surface area contributed by atoms with Gasteiger partial charge in [0.2, 0.25) is 0 Å². The number of rotatable bonds is 17. The number of cyclic esters (lactones) is 1. The molecule has 0 aromatic carbocycles. The van der Waals surface area contributed by atoms with Crippen LogP contribution in [0.3, 0.4) is 0 Å². The van der Waals surface area contributed by atoms with Crippen molar-refractivity contribution in [3.05, 3.63) is 12.7 Å². The standard InChI is InChI=1S/C46H86N2O14/c1-16-19-55-20-17-21-56-22-18-23-57-41-33(7)59-36(26-45(41,10)54-15)61-38-30(4)40(62-43-37(49)35(47(12)13)24-29(3)58-43)44(9,52)25-28(2)27-48(14)32(6)39(50)46(11,53)34(8)60-42(51)31(38)5/h16,28-41,43,49-50,52-53H,1,17-27H2,2-15H3/t28-,29-,30+,31-,32+,33+,34-,35+,36?,37-,38+,39-,40-,41+,43+,44-,45-,46-/m1/s1. The Morgan fingerprint density at radius 3 is 2.15 bits per heavy atom. The van der Waals surface area contributed by atoms with Gasteiger partial charge in [-0.15, -0.1) is 6.58 Å². The van der Waals surface area contributed by atoms with Gasteiger partial charge in [0.05, 0.1) is 48.1 Å². The number of methoxy groups -OCH3 is 1. The van der Waals surface area contributed by atoms with Gasteiger partial charge < -0.3 is 72.9 Å². The second kappa shape index (κ2) is 24.4. The molecule has 16 heteroatoms. The zero-order valence-corrected chi connectivity index (χ0v) is 40.5. The normalized spacial score (nSPS) is 43.5. The van der Waals surface area contributed by atoms with Crippen LogP contribution in [0, 0.1) is 17.8 Å². The Morgan fingerprint density at radius 1 is 0.903 bits per heavy atom. The van der Waals surface area contributed by atoms with Crippen LogP contribution in [0.4, 0.5) is 0 Å². The summed E-state index contributed by atoms with van der Waals surface area (Å²) in [6, 6.07) is -0.820. The zero-order valence-electron chi connectivity index (χ0n) is 40.5.